The maximum Gasteiger partial charge on any atom is 0.257 e. The first-order valence-electron chi connectivity index (χ1n) is 9.24. The molecule has 3 rings (SSSR count). The van der Waals surface area contributed by atoms with Gasteiger partial charge in [0.15, 0.2) is 0 Å². The molecule has 0 radical (unpaired) electrons. The number of nitrogens with one attached hydrogen (secondary N) is 2. The highest BCUT2D eigenvalue weighted by Crippen LogP contribution is 2.24. The maximum atomic E-state index is 12.7. The second-order valence-corrected chi connectivity index (χ2v) is 11.1. The van der Waals surface area contributed by atoms with E-state index in [1.54, 1.807) is 12.1 Å². The average molecular weight is 472 g/mol. The number of nitrogens with zero attached hydrogens (tertiary/aromatic N) is 1. The quantitative estimate of drug-likeness (QED) is 0.626. The van der Waals surface area contributed by atoms with Crippen molar-refractivity contribution in [2.45, 2.75) is 29.6 Å². The summed E-state index contributed by atoms with van der Waals surface area (Å²) in [5.41, 5.74) is 3.15. The molecule has 1 heterocycles. The van der Waals surface area contributed by atoms with E-state index in [2.05, 4.69) is 10.3 Å². The molecule has 11 heteroatoms. The predicted octanol–water partition coefficient (Wildman–Crippen LogP) is 2.06. The van der Waals surface area contributed by atoms with Gasteiger partial charge in [-0.15, -0.1) is 4.83 Å². The van der Waals surface area contributed by atoms with Gasteiger partial charge in [0.1, 0.15) is 0 Å². The predicted molar refractivity (Wildman–Crippen MR) is 113 cm³/mol. The Morgan fingerprint density at radius 3 is 2.03 bits per heavy atom. The van der Waals surface area contributed by atoms with Gasteiger partial charge in [-0.2, -0.15) is 4.31 Å². The van der Waals surface area contributed by atoms with Crippen molar-refractivity contribution in [2.75, 3.05) is 13.1 Å². The van der Waals surface area contributed by atoms with E-state index in [-0.39, 0.29) is 35.7 Å². The molecule has 1 amide bonds. The molecule has 0 saturated carbocycles. The standard InChI is InChI=1S/C19H22ClN3O5S2/c1-14-2-6-17(7-3-14)29(25,26)22-21-19(24)15-10-12-23(13-11-15)30(27,28)18-8-4-16(20)5-9-18/h2-9,15,22H,10-13H2,1H3,(H,21,24). The Balaban J connectivity index is 1.56. The first kappa shape index (κ1) is 22.7. The van der Waals surface area contributed by atoms with Crippen molar-refractivity contribution in [3.63, 3.8) is 0 Å². The normalized spacial score (nSPS) is 16.3. The van der Waals surface area contributed by atoms with E-state index in [0.717, 1.165) is 5.56 Å². The van der Waals surface area contributed by atoms with Crippen LogP contribution in [0.3, 0.4) is 0 Å². The summed E-state index contributed by atoms with van der Waals surface area (Å²) in [7, 11) is -7.55. The molecule has 1 aliphatic heterocycles. The number of benzene rings is 2. The van der Waals surface area contributed by atoms with Gasteiger partial charge in [-0.05, 0) is 56.2 Å². The highest BCUT2D eigenvalue weighted by molar-refractivity contribution is 7.89. The van der Waals surface area contributed by atoms with Gasteiger partial charge in [0.25, 0.3) is 10.0 Å². The number of carbonyl (C=O) groups is 1. The third kappa shape index (κ3) is 5.19. The third-order valence-corrected chi connectivity index (χ3v) is 8.34. The molecule has 1 aliphatic rings. The summed E-state index contributed by atoms with van der Waals surface area (Å²) >= 11 is 5.81. The number of amides is 1. The van der Waals surface area contributed by atoms with Crippen LogP contribution < -0.4 is 10.3 Å². The fourth-order valence-corrected chi connectivity index (χ4v) is 5.55. The number of carbonyl (C=O) groups excluding carboxylic acids is 1. The summed E-state index contributed by atoms with van der Waals surface area (Å²) in [4.78, 5) is 14.6. The summed E-state index contributed by atoms with van der Waals surface area (Å²) in [6.45, 7) is 2.16. The minimum atomic E-state index is -3.88. The van der Waals surface area contributed by atoms with Crippen LogP contribution in [0.25, 0.3) is 0 Å². The van der Waals surface area contributed by atoms with Gasteiger partial charge in [0, 0.05) is 24.0 Å². The van der Waals surface area contributed by atoms with E-state index in [1.807, 2.05) is 6.92 Å². The maximum absolute atomic E-state index is 12.7. The Bertz CT molecular complexity index is 1110. The monoisotopic (exact) mass is 471 g/mol. The number of sulfonamides is 2. The molecule has 0 spiro atoms. The zero-order valence-corrected chi connectivity index (χ0v) is 18.6. The van der Waals surface area contributed by atoms with Crippen LogP contribution in [0.2, 0.25) is 5.02 Å². The van der Waals surface area contributed by atoms with E-state index in [0.29, 0.717) is 5.02 Å². The second kappa shape index (κ2) is 9.03. The number of hydrazine groups is 1. The lowest BCUT2D eigenvalue weighted by Gasteiger charge is -2.30. The molecule has 0 unspecified atom stereocenters. The smallest absolute Gasteiger partial charge is 0.257 e. The topological polar surface area (TPSA) is 113 Å². The van der Waals surface area contributed by atoms with Crippen LogP contribution in [0, 0.1) is 12.8 Å². The van der Waals surface area contributed by atoms with Gasteiger partial charge in [-0.3, -0.25) is 10.2 Å². The van der Waals surface area contributed by atoms with Crippen LogP contribution in [0.4, 0.5) is 0 Å². The number of hydrogen-bond acceptors (Lipinski definition) is 5. The zero-order chi connectivity index (χ0) is 21.9. The van der Waals surface area contributed by atoms with Crippen LogP contribution in [0.15, 0.2) is 58.3 Å². The van der Waals surface area contributed by atoms with Gasteiger partial charge in [0.2, 0.25) is 15.9 Å². The Kier molecular flexibility index (Phi) is 6.83. The fourth-order valence-electron chi connectivity index (χ4n) is 3.11. The van der Waals surface area contributed by atoms with E-state index in [4.69, 9.17) is 11.6 Å². The van der Waals surface area contributed by atoms with E-state index in [1.165, 1.54) is 40.7 Å². The third-order valence-electron chi connectivity index (χ3n) is 4.92. The molecule has 2 aromatic rings. The van der Waals surface area contributed by atoms with Crippen molar-refractivity contribution in [2.24, 2.45) is 5.92 Å². The fraction of sp³-hybridized carbons (Fsp3) is 0.316. The van der Waals surface area contributed by atoms with Crippen molar-refractivity contribution in [3.05, 3.63) is 59.1 Å². The van der Waals surface area contributed by atoms with Gasteiger partial charge in [-0.25, -0.2) is 16.8 Å². The zero-order valence-electron chi connectivity index (χ0n) is 16.2. The number of piperidine rings is 1. The first-order chi connectivity index (χ1) is 14.1. The second-order valence-electron chi connectivity index (χ2n) is 7.04. The number of aryl methyl sites for hydroxylation is 1. The van der Waals surface area contributed by atoms with Gasteiger partial charge >= 0.3 is 0 Å². The summed E-state index contributed by atoms with van der Waals surface area (Å²) in [5, 5.41) is 0.442. The molecule has 1 saturated heterocycles. The Morgan fingerprint density at radius 1 is 0.933 bits per heavy atom. The molecule has 162 valence electrons. The van der Waals surface area contributed by atoms with Crippen LogP contribution in [0.5, 0.6) is 0 Å². The van der Waals surface area contributed by atoms with Crippen LogP contribution >= 0.6 is 11.6 Å². The summed E-state index contributed by atoms with van der Waals surface area (Å²) in [6, 6.07) is 12.1. The highest BCUT2D eigenvalue weighted by Gasteiger charge is 2.32. The van der Waals surface area contributed by atoms with Crippen molar-refractivity contribution < 1.29 is 21.6 Å². The van der Waals surface area contributed by atoms with Crippen LogP contribution in [-0.4, -0.2) is 40.1 Å². The lowest BCUT2D eigenvalue weighted by molar-refractivity contribution is -0.126. The van der Waals surface area contributed by atoms with Crippen molar-refractivity contribution in [1.29, 1.82) is 0 Å². The minimum absolute atomic E-state index is 0.0391. The first-order valence-corrected chi connectivity index (χ1v) is 12.5. The Hall–Kier alpha value is -1.98. The van der Waals surface area contributed by atoms with Gasteiger partial charge < -0.3 is 0 Å². The van der Waals surface area contributed by atoms with E-state index < -0.39 is 31.9 Å². The summed E-state index contributed by atoms with van der Waals surface area (Å²) < 4.78 is 51.3. The van der Waals surface area contributed by atoms with Crippen molar-refractivity contribution in [3.8, 4) is 0 Å². The van der Waals surface area contributed by atoms with E-state index >= 15 is 0 Å². The van der Waals surface area contributed by atoms with Gasteiger partial charge in [0.05, 0.1) is 9.79 Å². The van der Waals surface area contributed by atoms with Crippen molar-refractivity contribution in [1.82, 2.24) is 14.6 Å². The Labute approximate surface area is 181 Å². The number of rotatable bonds is 6. The van der Waals surface area contributed by atoms with Gasteiger partial charge in [-0.1, -0.05) is 29.3 Å². The SMILES string of the molecule is Cc1ccc(S(=O)(=O)NNC(=O)C2CCN(S(=O)(=O)c3ccc(Cl)cc3)CC2)cc1. The van der Waals surface area contributed by atoms with Crippen LogP contribution in [-0.2, 0) is 24.8 Å². The van der Waals surface area contributed by atoms with Crippen LogP contribution in [0.1, 0.15) is 18.4 Å². The molecule has 0 atom stereocenters. The number of hydrogen-bond donors (Lipinski definition) is 2. The molecule has 8 nitrogen and oxygen atoms in total. The summed E-state index contributed by atoms with van der Waals surface area (Å²) in [6.07, 6.45) is 0.565. The number of halogens is 1. The highest BCUT2D eigenvalue weighted by atomic mass is 35.5. The lowest BCUT2D eigenvalue weighted by Crippen LogP contribution is -2.48. The van der Waals surface area contributed by atoms with E-state index in [9.17, 15) is 21.6 Å². The van der Waals surface area contributed by atoms with Crippen molar-refractivity contribution >= 4 is 37.6 Å². The lowest BCUT2D eigenvalue weighted by atomic mass is 9.98. The molecule has 0 bridgehead atoms. The molecule has 0 aliphatic carbocycles. The summed E-state index contributed by atoms with van der Waals surface area (Å²) in [5.74, 6) is -0.989. The average Bonchev–Trinajstić information content (AvgIpc) is 2.73. The molecular formula is C19H22ClN3O5S2. The molecule has 2 aromatic carbocycles. The molecular weight excluding hydrogens is 450 g/mol. The minimum Gasteiger partial charge on any atom is -0.277 e. The largest absolute Gasteiger partial charge is 0.277 e. The molecule has 0 aromatic heterocycles. The molecule has 1 fully saturated rings. The molecule has 2 N–H and O–H groups in total. The Morgan fingerprint density at radius 2 is 1.47 bits per heavy atom. The molecule has 30 heavy (non-hydrogen) atoms.